The fraction of sp³-hybridized carbons (Fsp3) is 0.400. The van der Waals surface area contributed by atoms with Crippen LogP contribution < -0.4 is 5.32 Å². The molecular weight excluding hydrogens is 270 g/mol. The molecule has 1 aromatic rings. The minimum atomic E-state index is -0.200. The molecule has 0 radical (unpaired) electrons. The van der Waals surface area contributed by atoms with Crippen molar-refractivity contribution in [1.82, 2.24) is 9.80 Å². The van der Waals surface area contributed by atoms with Crippen LogP contribution in [-0.4, -0.2) is 46.8 Å². The zero-order chi connectivity index (χ0) is 15.0. The van der Waals surface area contributed by atoms with Crippen LogP contribution in [0, 0.1) is 6.92 Å². The molecule has 1 aromatic carbocycles. The van der Waals surface area contributed by atoms with Gasteiger partial charge in [0.1, 0.15) is 0 Å². The largest absolute Gasteiger partial charge is 0.321 e. The van der Waals surface area contributed by atoms with Gasteiger partial charge >= 0.3 is 6.03 Å². The second kappa shape index (κ2) is 5.20. The van der Waals surface area contributed by atoms with Gasteiger partial charge in [-0.3, -0.25) is 14.5 Å². The number of hydrogen-bond donors (Lipinski definition) is 1. The van der Waals surface area contributed by atoms with Gasteiger partial charge in [-0.05, 0) is 19.1 Å². The molecule has 2 saturated heterocycles. The van der Waals surface area contributed by atoms with Crippen molar-refractivity contribution in [1.29, 1.82) is 0 Å². The van der Waals surface area contributed by atoms with E-state index in [1.54, 1.807) is 4.90 Å². The number of benzene rings is 1. The van der Waals surface area contributed by atoms with Crippen LogP contribution in [0.4, 0.5) is 10.5 Å². The summed E-state index contributed by atoms with van der Waals surface area (Å²) < 4.78 is 0. The Bertz CT molecular complexity index is 575. The molecule has 4 amide bonds. The Morgan fingerprint density at radius 2 is 1.67 bits per heavy atom. The molecule has 2 aliphatic rings. The third kappa shape index (κ3) is 2.61. The Morgan fingerprint density at radius 3 is 2.24 bits per heavy atom. The zero-order valence-electron chi connectivity index (χ0n) is 11.8. The number of hydrogen-bond acceptors (Lipinski definition) is 3. The summed E-state index contributed by atoms with van der Waals surface area (Å²) in [5.74, 6) is -0.243. The van der Waals surface area contributed by atoms with Crippen molar-refractivity contribution in [2.24, 2.45) is 0 Å². The number of imide groups is 1. The summed E-state index contributed by atoms with van der Waals surface area (Å²) in [6, 6.07) is 7.19. The number of amides is 4. The van der Waals surface area contributed by atoms with Gasteiger partial charge in [-0.1, -0.05) is 17.7 Å². The average Bonchev–Trinajstić information content (AvgIpc) is 2.72. The summed E-state index contributed by atoms with van der Waals surface area (Å²) in [5, 5.41) is 2.80. The van der Waals surface area contributed by atoms with Crippen molar-refractivity contribution in [2.45, 2.75) is 25.8 Å². The van der Waals surface area contributed by atoms with E-state index < -0.39 is 0 Å². The molecule has 6 nitrogen and oxygen atoms in total. The Hall–Kier alpha value is -2.37. The Kier molecular flexibility index (Phi) is 3.37. The average molecular weight is 287 g/mol. The van der Waals surface area contributed by atoms with Crippen LogP contribution in [-0.2, 0) is 9.59 Å². The van der Waals surface area contributed by atoms with Crippen LogP contribution in [0.5, 0.6) is 0 Å². The maximum Gasteiger partial charge on any atom is 0.321 e. The maximum atomic E-state index is 12.0. The van der Waals surface area contributed by atoms with E-state index in [9.17, 15) is 14.4 Å². The zero-order valence-corrected chi connectivity index (χ0v) is 11.8. The lowest BCUT2D eigenvalue weighted by Crippen LogP contribution is -2.63. The molecule has 2 fully saturated rings. The second-order valence-corrected chi connectivity index (χ2v) is 5.51. The molecule has 0 spiro atoms. The maximum absolute atomic E-state index is 12.0. The fourth-order valence-corrected chi connectivity index (χ4v) is 2.62. The highest BCUT2D eigenvalue weighted by molar-refractivity contribution is 6.02. The number of likely N-dealkylation sites (tertiary alicyclic amines) is 2. The van der Waals surface area contributed by atoms with Gasteiger partial charge in [0.05, 0.1) is 6.04 Å². The number of nitrogens with one attached hydrogen (secondary N) is 1. The number of carbonyl (C=O) groups is 3. The molecule has 0 aliphatic carbocycles. The van der Waals surface area contributed by atoms with Gasteiger partial charge in [-0.25, -0.2) is 4.79 Å². The topological polar surface area (TPSA) is 69.7 Å². The highest BCUT2D eigenvalue weighted by atomic mass is 16.2. The first-order valence-corrected chi connectivity index (χ1v) is 7.02. The van der Waals surface area contributed by atoms with Crippen molar-refractivity contribution in [2.75, 3.05) is 18.4 Å². The molecule has 0 aromatic heterocycles. The summed E-state index contributed by atoms with van der Waals surface area (Å²) in [7, 11) is 0. The summed E-state index contributed by atoms with van der Waals surface area (Å²) in [4.78, 5) is 38.2. The van der Waals surface area contributed by atoms with Crippen molar-refractivity contribution in [3.05, 3.63) is 29.8 Å². The van der Waals surface area contributed by atoms with Crippen LogP contribution in [0.15, 0.2) is 24.3 Å². The molecule has 21 heavy (non-hydrogen) atoms. The third-order valence-corrected chi connectivity index (χ3v) is 3.91. The number of urea groups is 1. The Balaban J connectivity index is 1.54. The van der Waals surface area contributed by atoms with Crippen molar-refractivity contribution in [3.63, 3.8) is 0 Å². The van der Waals surface area contributed by atoms with Crippen LogP contribution >= 0.6 is 0 Å². The normalized spacial score (nSPS) is 18.9. The fourth-order valence-electron chi connectivity index (χ4n) is 2.62. The molecular formula is C15H17N3O3. The van der Waals surface area contributed by atoms with Gasteiger partial charge in [-0.2, -0.15) is 0 Å². The van der Waals surface area contributed by atoms with E-state index in [2.05, 4.69) is 5.32 Å². The molecule has 110 valence electrons. The molecule has 2 heterocycles. The molecule has 0 saturated carbocycles. The standard InChI is InChI=1S/C15H17N3O3/c1-10-2-4-11(5-3-10)16-15(21)17-8-12(9-17)18-13(19)6-7-14(18)20/h2-5,12H,6-9H2,1H3,(H,16,21). The van der Waals surface area contributed by atoms with E-state index in [1.165, 1.54) is 4.90 Å². The summed E-state index contributed by atoms with van der Waals surface area (Å²) in [5.41, 5.74) is 1.87. The first-order valence-electron chi connectivity index (χ1n) is 7.02. The molecule has 0 bridgehead atoms. The molecule has 6 heteroatoms. The lowest BCUT2D eigenvalue weighted by molar-refractivity contribution is -0.144. The van der Waals surface area contributed by atoms with Crippen LogP contribution in [0.25, 0.3) is 0 Å². The molecule has 0 atom stereocenters. The number of aryl methyl sites for hydroxylation is 1. The van der Waals surface area contributed by atoms with E-state index in [-0.39, 0.29) is 23.9 Å². The van der Waals surface area contributed by atoms with Crippen LogP contribution in [0.2, 0.25) is 0 Å². The first kappa shape index (κ1) is 13.6. The summed E-state index contributed by atoms with van der Waals surface area (Å²) in [6.45, 7) is 2.81. The SMILES string of the molecule is Cc1ccc(NC(=O)N2CC(N3C(=O)CCC3=O)C2)cc1. The predicted octanol–water partition coefficient (Wildman–Crippen LogP) is 1.36. The van der Waals surface area contributed by atoms with Crippen molar-refractivity contribution >= 4 is 23.5 Å². The van der Waals surface area contributed by atoms with E-state index in [1.807, 2.05) is 31.2 Å². The number of nitrogens with zero attached hydrogens (tertiary/aromatic N) is 2. The highest BCUT2D eigenvalue weighted by Gasteiger charge is 2.42. The number of anilines is 1. The van der Waals surface area contributed by atoms with Crippen LogP contribution in [0.3, 0.4) is 0 Å². The lowest BCUT2D eigenvalue weighted by Gasteiger charge is -2.42. The quantitative estimate of drug-likeness (QED) is 0.835. The van der Waals surface area contributed by atoms with E-state index >= 15 is 0 Å². The summed E-state index contributed by atoms with van der Waals surface area (Å²) >= 11 is 0. The van der Waals surface area contributed by atoms with Crippen molar-refractivity contribution < 1.29 is 14.4 Å². The minimum Gasteiger partial charge on any atom is -0.320 e. The van der Waals surface area contributed by atoms with Crippen LogP contribution in [0.1, 0.15) is 18.4 Å². The Labute approximate surface area is 122 Å². The minimum absolute atomic E-state index is 0.122. The first-order chi connectivity index (χ1) is 10.0. The number of rotatable bonds is 2. The van der Waals surface area contributed by atoms with Gasteiger partial charge in [-0.15, -0.1) is 0 Å². The van der Waals surface area contributed by atoms with Gasteiger partial charge in [0, 0.05) is 31.6 Å². The second-order valence-electron chi connectivity index (χ2n) is 5.51. The van der Waals surface area contributed by atoms with E-state index in [0.717, 1.165) is 11.3 Å². The lowest BCUT2D eigenvalue weighted by atomic mass is 10.1. The van der Waals surface area contributed by atoms with E-state index in [4.69, 9.17) is 0 Å². The highest BCUT2D eigenvalue weighted by Crippen LogP contribution is 2.23. The van der Waals surface area contributed by atoms with E-state index in [0.29, 0.717) is 25.9 Å². The predicted molar refractivity (Wildman–Crippen MR) is 76.6 cm³/mol. The van der Waals surface area contributed by atoms with Gasteiger partial charge in [0.2, 0.25) is 11.8 Å². The summed E-state index contributed by atoms with van der Waals surface area (Å²) in [6.07, 6.45) is 0.593. The number of carbonyl (C=O) groups excluding carboxylic acids is 3. The van der Waals surface area contributed by atoms with Gasteiger partial charge < -0.3 is 10.2 Å². The molecule has 1 N–H and O–H groups in total. The van der Waals surface area contributed by atoms with Gasteiger partial charge in [0.25, 0.3) is 0 Å². The van der Waals surface area contributed by atoms with Crippen molar-refractivity contribution in [3.8, 4) is 0 Å². The molecule has 3 rings (SSSR count). The Morgan fingerprint density at radius 1 is 1.10 bits per heavy atom. The van der Waals surface area contributed by atoms with Gasteiger partial charge in [0.15, 0.2) is 0 Å². The smallest absolute Gasteiger partial charge is 0.320 e. The third-order valence-electron chi connectivity index (χ3n) is 3.91. The molecule has 2 aliphatic heterocycles. The molecule has 0 unspecified atom stereocenters. The monoisotopic (exact) mass is 287 g/mol.